The van der Waals surface area contributed by atoms with Gasteiger partial charge >= 0.3 is 5.97 Å². The van der Waals surface area contributed by atoms with Crippen LogP contribution in [0.25, 0.3) is 0 Å². The fourth-order valence-corrected chi connectivity index (χ4v) is 7.08. The van der Waals surface area contributed by atoms with Gasteiger partial charge in [-0.15, -0.1) is 13.2 Å². The molecule has 2 amide bonds. The lowest BCUT2D eigenvalue weighted by molar-refractivity contribution is -0.162. The number of aliphatic hydroxyl groups excluding tert-OH is 1. The Morgan fingerprint density at radius 1 is 1.28 bits per heavy atom. The van der Waals surface area contributed by atoms with E-state index < -0.39 is 41.1 Å². The van der Waals surface area contributed by atoms with Gasteiger partial charge in [-0.1, -0.05) is 49.7 Å². The molecule has 1 aromatic rings. The first-order valence-electron chi connectivity index (χ1n) is 13.8. The number of esters is 1. The monoisotopic (exact) mass is 558 g/mol. The highest BCUT2D eigenvalue weighted by Gasteiger charge is 2.79. The van der Waals surface area contributed by atoms with Crippen molar-refractivity contribution in [1.82, 2.24) is 4.90 Å². The number of hydrogen-bond donors (Lipinski definition) is 1. The van der Waals surface area contributed by atoms with Crippen LogP contribution in [-0.4, -0.2) is 70.8 Å². The average molecular weight is 559 g/mol. The minimum Gasteiger partial charge on any atom is -0.465 e. The molecule has 3 heterocycles. The predicted octanol–water partition coefficient (Wildman–Crippen LogP) is 4.29. The summed E-state index contributed by atoms with van der Waals surface area (Å²) in [4.78, 5) is 45.4. The molecule has 9 heteroatoms. The number of unbranched alkanes of at least 4 members (excludes halogenated alkanes) is 1. The molecule has 2 unspecified atom stereocenters. The normalized spacial score (nSPS) is 29.7. The number of carbonyl (C=O) groups is 3. The van der Waals surface area contributed by atoms with Crippen molar-refractivity contribution in [3.63, 3.8) is 0 Å². The molecular weight excluding hydrogens is 520 g/mol. The van der Waals surface area contributed by atoms with Crippen molar-refractivity contribution >= 4 is 35.1 Å². The van der Waals surface area contributed by atoms with Gasteiger partial charge in [0.2, 0.25) is 5.91 Å². The number of anilines is 1. The van der Waals surface area contributed by atoms with Crippen LogP contribution in [-0.2, 0) is 23.9 Å². The van der Waals surface area contributed by atoms with Crippen LogP contribution in [0.4, 0.5) is 5.69 Å². The smallest absolute Gasteiger partial charge is 0.312 e. The number of para-hydroxylation sites is 1. The Bertz CT molecular complexity index is 1120. The lowest BCUT2D eigenvalue weighted by Gasteiger charge is -2.39. The first-order chi connectivity index (χ1) is 18.8. The highest BCUT2D eigenvalue weighted by molar-refractivity contribution is 6.34. The van der Waals surface area contributed by atoms with Crippen LogP contribution >= 0.6 is 11.6 Å². The van der Waals surface area contributed by atoms with Gasteiger partial charge in [-0.3, -0.25) is 14.4 Å². The maximum Gasteiger partial charge on any atom is 0.312 e. The molecule has 8 nitrogen and oxygen atoms in total. The molecule has 0 aliphatic carbocycles. The summed E-state index contributed by atoms with van der Waals surface area (Å²) >= 11 is 6.51. The minimum absolute atomic E-state index is 0.158. The second kappa shape index (κ2) is 11.8. The maximum absolute atomic E-state index is 14.6. The number of allylic oxidation sites excluding steroid dienone is 1. The summed E-state index contributed by atoms with van der Waals surface area (Å²) in [7, 11) is 0. The van der Waals surface area contributed by atoms with Gasteiger partial charge in [-0.05, 0) is 50.7 Å². The van der Waals surface area contributed by atoms with Gasteiger partial charge in [0.1, 0.15) is 17.6 Å². The van der Waals surface area contributed by atoms with E-state index >= 15 is 0 Å². The Morgan fingerprint density at radius 3 is 2.64 bits per heavy atom. The standard InChI is InChI=1S/C30H39ClN2O6/c1-5-9-12-18-38-28(37)24-23-26(35)33(20(7-3)19-34)25(30(23)16-15-29(24,8-4)39-30)27(36)32(17-6-2)22-14-11-10-13-21(22)31/h5-6,10-11,13-14,20,23-25,34H,1-2,7-9,12,15-19H2,3-4H3/t20-,23-,24+,25?,29-,30?/m0/s1. The Morgan fingerprint density at radius 2 is 2.03 bits per heavy atom. The number of fused-ring (bicyclic) bond motifs is 1. The van der Waals surface area contributed by atoms with Crippen molar-refractivity contribution in [3.8, 4) is 0 Å². The largest absolute Gasteiger partial charge is 0.465 e. The summed E-state index contributed by atoms with van der Waals surface area (Å²) in [5.74, 6) is -2.92. The zero-order chi connectivity index (χ0) is 28.4. The molecular formula is C30H39ClN2O6. The molecule has 3 fully saturated rings. The maximum atomic E-state index is 14.6. The van der Waals surface area contributed by atoms with Crippen LogP contribution in [0.3, 0.4) is 0 Å². The summed E-state index contributed by atoms with van der Waals surface area (Å²) in [5, 5.41) is 10.7. The van der Waals surface area contributed by atoms with E-state index in [0.29, 0.717) is 49.2 Å². The van der Waals surface area contributed by atoms with E-state index in [-0.39, 0.29) is 31.6 Å². The highest BCUT2D eigenvalue weighted by Crippen LogP contribution is 2.65. The average Bonchev–Trinajstić information content (AvgIpc) is 3.54. The summed E-state index contributed by atoms with van der Waals surface area (Å²) in [6.07, 6.45) is 6.61. The number of ether oxygens (including phenoxy) is 2. The van der Waals surface area contributed by atoms with Gasteiger partial charge in [0, 0.05) is 6.54 Å². The zero-order valence-electron chi connectivity index (χ0n) is 22.8. The number of hydrogen-bond acceptors (Lipinski definition) is 6. The van der Waals surface area contributed by atoms with Crippen molar-refractivity contribution in [1.29, 1.82) is 0 Å². The number of amides is 2. The van der Waals surface area contributed by atoms with Gasteiger partial charge in [0.25, 0.3) is 5.91 Å². The first-order valence-corrected chi connectivity index (χ1v) is 14.2. The van der Waals surface area contributed by atoms with E-state index in [0.717, 1.165) is 0 Å². The van der Waals surface area contributed by atoms with E-state index in [2.05, 4.69) is 13.2 Å². The van der Waals surface area contributed by atoms with Crippen molar-refractivity contribution in [3.05, 3.63) is 54.6 Å². The molecule has 2 bridgehead atoms. The Labute approximate surface area is 235 Å². The molecule has 1 N–H and O–H groups in total. The lowest BCUT2D eigenvalue weighted by atomic mass is 9.65. The van der Waals surface area contributed by atoms with Gasteiger partial charge in [-0.25, -0.2) is 0 Å². The summed E-state index contributed by atoms with van der Waals surface area (Å²) in [6.45, 7) is 11.4. The molecule has 212 valence electrons. The van der Waals surface area contributed by atoms with Crippen LogP contribution < -0.4 is 4.90 Å². The summed E-state index contributed by atoms with van der Waals surface area (Å²) in [6, 6.07) is 5.34. The highest BCUT2D eigenvalue weighted by atomic mass is 35.5. The lowest BCUT2D eigenvalue weighted by Crippen LogP contribution is -2.59. The Kier molecular flexibility index (Phi) is 8.88. The van der Waals surface area contributed by atoms with Crippen molar-refractivity contribution in [2.45, 2.75) is 75.7 Å². The van der Waals surface area contributed by atoms with Crippen LogP contribution in [0.2, 0.25) is 5.02 Å². The Hall–Kier alpha value is -2.68. The summed E-state index contributed by atoms with van der Waals surface area (Å²) < 4.78 is 12.4. The van der Waals surface area contributed by atoms with Gasteiger partial charge in [0.05, 0.1) is 41.5 Å². The number of benzene rings is 1. The van der Waals surface area contributed by atoms with E-state index in [1.54, 1.807) is 36.4 Å². The van der Waals surface area contributed by atoms with Crippen molar-refractivity contribution < 1.29 is 29.0 Å². The summed E-state index contributed by atoms with van der Waals surface area (Å²) in [5.41, 5.74) is -1.63. The fourth-order valence-electron chi connectivity index (χ4n) is 6.85. The predicted molar refractivity (Wildman–Crippen MR) is 149 cm³/mol. The van der Waals surface area contributed by atoms with E-state index in [9.17, 15) is 19.5 Å². The molecule has 3 aliphatic rings. The zero-order valence-corrected chi connectivity index (χ0v) is 23.6. The molecule has 4 rings (SSSR count). The molecule has 0 radical (unpaired) electrons. The number of carbonyl (C=O) groups excluding carboxylic acids is 3. The van der Waals surface area contributed by atoms with Crippen molar-refractivity contribution in [2.75, 3.05) is 24.7 Å². The van der Waals surface area contributed by atoms with E-state index in [1.165, 1.54) is 9.80 Å². The third-order valence-corrected chi connectivity index (χ3v) is 9.02. The molecule has 0 saturated carbocycles. The van der Waals surface area contributed by atoms with Crippen LogP contribution in [0.5, 0.6) is 0 Å². The van der Waals surface area contributed by atoms with Crippen LogP contribution in [0.15, 0.2) is 49.6 Å². The van der Waals surface area contributed by atoms with Crippen LogP contribution in [0.1, 0.15) is 52.4 Å². The molecule has 1 aromatic carbocycles. The Balaban J connectivity index is 1.80. The second-order valence-electron chi connectivity index (χ2n) is 10.6. The number of nitrogens with zero attached hydrogens (tertiary/aromatic N) is 2. The topological polar surface area (TPSA) is 96.4 Å². The third-order valence-electron chi connectivity index (χ3n) is 8.70. The number of rotatable bonds is 13. The molecule has 6 atom stereocenters. The molecule has 1 spiro atoms. The van der Waals surface area contributed by atoms with Gasteiger partial charge < -0.3 is 24.4 Å². The number of aliphatic hydroxyl groups is 1. The molecule has 3 aliphatic heterocycles. The van der Waals surface area contributed by atoms with Gasteiger partial charge in [0.15, 0.2) is 0 Å². The van der Waals surface area contributed by atoms with Gasteiger partial charge in [-0.2, -0.15) is 0 Å². The van der Waals surface area contributed by atoms with E-state index in [1.807, 2.05) is 13.8 Å². The molecule has 39 heavy (non-hydrogen) atoms. The SMILES string of the molecule is C=CCCCOC(=O)[C@H]1[C@H]2C(=O)N([C@@H](CC)CO)C(C(=O)N(CC=C)c3ccccc3Cl)C23CC[C@]1(CC)O3. The minimum atomic E-state index is -1.22. The fraction of sp³-hybridized carbons (Fsp3) is 0.567. The molecule has 0 aromatic heterocycles. The first kappa shape index (κ1) is 29.3. The number of likely N-dealkylation sites (tertiary alicyclic amines) is 1. The number of halogens is 1. The van der Waals surface area contributed by atoms with Crippen LogP contribution in [0, 0.1) is 11.8 Å². The molecule has 3 saturated heterocycles. The van der Waals surface area contributed by atoms with Crippen molar-refractivity contribution in [2.24, 2.45) is 11.8 Å². The second-order valence-corrected chi connectivity index (χ2v) is 11.0. The third kappa shape index (κ3) is 4.70. The van der Waals surface area contributed by atoms with E-state index in [4.69, 9.17) is 21.1 Å². The quantitative estimate of drug-likeness (QED) is 0.220.